The Kier molecular flexibility index (Phi) is 16.4. The summed E-state index contributed by atoms with van der Waals surface area (Å²) in [5.74, 6) is -1.56. The van der Waals surface area contributed by atoms with Crippen LogP contribution in [-0.2, 0) is 50.7 Å². The van der Waals surface area contributed by atoms with Gasteiger partial charge in [0.15, 0.2) is 0 Å². The Labute approximate surface area is 349 Å². The zero-order valence-electron chi connectivity index (χ0n) is 35.2. The maximum Gasteiger partial charge on any atom is 0.494 e. The summed E-state index contributed by atoms with van der Waals surface area (Å²) in [4.78, 5) is 62.9. The molecule has 0 amide bonds. The molecule has 4 aromatic heterocycles. The minimum absolute atomic E-state index is 0.0712. The van der Waals surface area contributed by atoms with Gasteiger partial charge in [-0.1, -0.05) is 12.1 Å². The fourth-order valence-electron chi connectivity index (χ4n) is 4.94. The van der Waals surface area contributed by atoms with Gasteiger partial charge in [0.25, 0.3) is 0 Å². The predicted octanol–water partition coefficient (Wildman–Crippen LogP) is 6.71. The molecule has 0 bridgehead atoms. The lowest BCUT2D eigenvalue weighted by atomic mass is 9.79. The fourth-order valence-corrected chi connectivity index (χ4v) is 5.29. The Morgan fingerprint density at radius 2 is 1.14 bits per heavy atom. The van der Waals surface area contributed by atoms with Gasteiger partial charge in [0, 0.05) is 18.0 Å². The summed E-state index contributed by atoms with van der Waals surface area (Å²) in [6.45, 7) is 19.0. The monoisotopic (exact) mass is 862 g/mol. The highest BCUT2D eigenvalue weighted by Gasteiger charge is 2.51. The molecule has 5 rings (SSSR count). The van der Waals surface area contributed by atoms with Crippen LogP contribution < -0.4 is 5.46 Å². The van der Waals surface area contributed by atoms with Gasteiger partial charge >= 0.3 is 31.0 Å². The third kappa shape index (κ3) is 15.0. The number of hydrogen-bond donors (Lipinski definition) is 0. The van der Waals surface area contributed by atoms with Gasteiger partial charge in [-0.15, -0.1) is 0 Å². The smallest absolute Gasteiger partial charge is 0.464 e. The molecule has 0 radical (unpaired) electrons. The second kappa shape index (κ2) is 20.1. The number of nitrogens with zero attached hydrogens (tertiary/aromatic N) is 4. The first-order valence-corrected chi connectivity index (χ1v) is 19.2. The van der Waals surface area contributed by atoms with E-state index in [4.69, 9.17) is 18.8 Å². The van der Waals surface area contributed by atoms with E-state index in [-0.39, 0.29) is 30.5 Å². The van der Waals surface area contributed by atoms with Crippen molar-refractivity contribution < 1.29 is 47.4 Å². The number of hydrogen-bond acceptors (Lipinski definition) is 14. The highest BCUT2D eigenvalue weighted by Crippen LogP contribution is 2.36. The summed E-state index contributed by atoms with van der Waals surface area (Å²) in [6.07, 6.45) is 3.47. The molecule has 1 saturated heterocycles. The van der Waals surface area contributed by atoms with Crippen LogP contribution in [0.1, 0.15) is 102 Å². The van der Waals surface area contributed by atoms with E-state index in [0.29, 0.717) is 27.4 Å². The van der Waals surface area contributed by atoms with Gasteiger partial charge in [-0.25, -0.2) is 19.6 Å². The molecule has 1 fully saturated rings. The first-order valence-electron chi connectivity index (χ1n) is 18.4. The van der Waals surface area contributed by atoms with E-state index in [0.717, 1.165) is 11.0 Å². The van der Waals surface area contributed by atoms with Crippen LogP contribution in [0.3, 0.4) is 0 Å². The molecule has 0 atom stereocenters. The molecule has 0 aromatic carbocycles. The van der Waals surface area contributed by atoms with Crippen molar-refractivity contribution >= 4 is 52.4 Å². The van der Waals surface area contributed by atoms with Crippen LogP contribution in [0.4, 0.5) is 0 Å². The highest BCUT2D eigenvalue weighted by atomic mass is 79.9. The molecule has 58 heavy (non-hydrogen) atoms. The first-order chi connectivity index (χ1) is 26.9. The lowest BCUT2D eigenvalue weighted by molar-refractivity contribution is -0.155. The lowest BCUT2D eigenvalue weighted by Crippen LogP contribution is -2.41. The molecule has 14 nitrogen and oxygen atoms in total. The largest absolute Gasteiger partial charge is 0.494 e. The molecular weight excluding hydrogens is 811 g/mol. The lowest BCUT2D eigenvalue weighted by Gasteiger charge is -2.32. The number of carbonyl (C=O) groups excluding carboxylic acids is 4. The molecule has 4 aromatic rings. The van der Waals surface area contributed by atoms with Gasteiger partial charge < -0.3 is 28.3 Å². The van der Waals surface area contributed by atoms with Crippen molar-refractivity contribution in [3.05, 3.63) is 100 Å². The topological polar surface area (TPSA) is 175 Å². The Morgan fingerprint density at radius 1 is 0.672 bits per heavy atom. The zero-order chi connectivity index (χ0) is 43.5. The minimum Gasteiger partial charge on any atom is -0.464 e. The average Bonchev–Trinajstić information content (AvgIpc) is 3.35. The molecule has 0 spiro atoms. The number of pyridine rings is 4. The number of carbonyl (C=O) groups is 4. The molecule has 0 saturated carbocycles. The van der Waals surface area contributed by atoms with Crippen LogP contribution in [0.25, 0.3) is 11.3 Å². The molecule has 16 heteroatoms. The number of methoxy groups -OCH3 is 2. The maximum atomic E-state index is 11.9. The number of aromatic nitrogens is 4. The number of esters is 4. The molecule has 5 heterocycles. The van der Waals surface area contributed by atoms with E-state index in [2.05, 4.69) is 45.3 Å². The van der Waals surface area contributed by atoms with Crippen molar-refractivity contribution in [2.75, 3.05) is 14.2 Å². The summed E-state index contributed by atoms with van der Waals surface area (Å²) in [5, 5.41) is 0. The predicted molar refractivity (Wildman–Crippen MR) is 221 cm³/mol. The van der Waals surface area contributed by atoms with Crippen molar-refractivity contribution in [1.29, 1.82) is 0 Å². The molecule has 1 aliphatic rings. The van der Waals surface area contributed by atoms with E-state index in [1.54, 1.807) is 60.9 Å². The zero-order valence-corrected chi connectivity index (χ0v) is 36.8. The molecule has 0 N–H and O–H groups in total. The fraction of sp³-hybridized carbons (Fsp3) is 0.429. The van der Waals surface area contributed by atoms with Crippen molar-refractivity contribution in [1.82, 2.24) is 19.9 Å². The Balaban J connectivity index is 0.000000248. The van der Waals surface area contributed by atoms with Gasteiger partial charge in [0.1, 0.15) is 27.2 Å². The molecule has 1 aliphatic heterocycles. The summed E-state index contributed by atoms with van der Waals surface area (Å²) >= 11 is 3.14. The van der Waals surface area contributed by atoms with Crippen molar-refractivity contribution in [3.63, 3.8) is 0 Å². The van der Waals surface area contributed by atoms with Crippen LogP contribution in [0, 0.1) is 0 Å². The third-order valence-corrected chi connectivity index (χ3v) is 8.66. The Morgan fingerprint density at radius 3 is 1.62 bits per heavy atom. The summed E-state index contributed by atoms with van der Waals surface area (Å²) in [6, 6.07) is 17.4. The normalized spacial score (nSPS) is 14.1. The van der Waals surface area contributed by atoms with E-state index < -0.39 is 41.5 Å². The quantitative estimate of drug-likeness (QED) is 0.0791. The van der Waals surface area contributed by atoms with Crippen molar-refractivity contribution in [2.45, 2.75) is 104 Å². The minimum atomic E-state index is -0.537. The maximum absolute atomic E-state index is 11.9. The van der Waals surface area contributed by atoms with E-state index in [9.17, 15) is 19.2 Å². The van der Waals surface area contributed by atoms with Crippen molar-refractivity contribution in [2.24, 2.45) is 0 Å². The van der Waals surface area contributed by atoms with Gasteiger partial charge in [-0.2, -0.15) is 0 Å². The van der Waals surface area contributed by atoms with E-state index in [1.165, 1.54) is 14.2 Å². The second-order valence-corrected chi connectivity index (χ2v) is 16.8. The SMILES string of the molecule is CC(C)(C)OC(=O)Cc1cc(B2OC(C)(C)C(C)(C)O2)ccn1.COC(=O)c1cccc(-c2ccnc(CC(=O)OC(C)(C)C)c2)n1.COC(=O)c1cccc(Br)n1. The number of halogens is 1. The van der Waals surface area contributed by atoms with Gasteiger partial charge in [0.05, 0.1) is 55.3 Å². The van der Waals surface area contributed by atoms with Crippen LogP contribution in [-0.4, -0.2) is 87.6 Å². The van der Waals surface area contributed by atoms with Crippen LogP contribution in [0.15, 0.2) is 77.7 Å². The van der Waals surface area contributed by atoms with Gasteiger partial charge in [-0.3, -0.25) is 19.6 Å². The average molecular weight is 864 g/mol. The van der Waals surface area contributed by atoms with E-state index >= 15 is 0 Å². The van der Waals surface area contributed by atoms with Gasteiger partial charge in [-0.05, 0) is 139 Å². The van der Waals surface area contributed by atoms with Crippen molar-refractivity contribution in [3.8, 4) is 11.3 Å². The summed E-state index contributed by atoms with van der Waals surface area (Å²) in [7, 11) is 2.17. The Bertz CT molecular complexity index is 2050. The third-order valence-electron chi connectivity index (χ3n) is 8.22. The van der Waals surface area contributed by atoms with E-state index in [1.807, 2.05) is 81.4 Å². The molecule has 0 unspecified atom stereocenters. The summed E-state index contributed by atoms with van der Waals surface area (Å²) < 4.78 is 32.4. The first kappa shape index (κ1) is 47.3. The van der Waals surface area contributed by atoms with Crippen LogP contribution >= 0.6 is 15.9 Å². The van der Waals surface area contributed by atoms with Crippen LogP contribution in [0.5, 0.6) is 0 Å². The standard InChI is InChI=1S/C18H20N2O4.C17H26BNO4.C7H6BrNO2/c1-18(2,3)24-16(21)11-13-10-12(8-9-19-13)14-6-5-7-15(20-14)17(22)23-4;1-15(2,3)21-14(20)11-13-10-12(8-9-19-13)18-22-16(4,5)17(6,7)23-18;1-11-7(10)5-3-2-4-6(8)9-5/h5-10H,11H2,1-4H3;8-10H,11H2,1-7H3;2-4H,1H3. The number of ether oxygens (including phenoxy) is 4. The summed E-state index contributed by atoms with van der Waals surface area (Å²) in [5.41, 5.74) is 2.14. The second-order valence-electron chi connectivity index (χ2n) is 16.0. The highest BCUT2D eigenvalue weighted by molar-refractivity contribution is 9.10. The van der Waals surface area contributed by atoms with Gasteiger partial charge in [0.2, 0.25) is 0 Å². The molecule has 0 aliphatic carbocycles. The molecule has 310 valence electrons. The number of rotatable bonds is 8. The molecular formula is C42H52BBrN4O10. The van der Waals surface area contributed by atoms with Crippen LogP contribution in [0.2, 0.25) is 0 Å². The Hall–Kier alpha value is -5.06.